The van der Waals surface area contributed by atoms with Crippen molar-refractivity contribution in [2.75, 3.05) is 52.5 Å². The first-order chi connectivity index (χ1) is 25.8. The zero-order valence-electron chi connectivity index (χ0n) is 34.5. The number of carbonyl (C=O) groups excluding carboxylic acids is 3. The van der Waals surface area contributed by atoms with Gasteiger partial charge < -0.3 is 35.3 Å². The van der Waals surface area contributed by atoms with Gasteiger partial charge in [0, 0.05) is 56.0 Å². The number of esters is 1. The van der Waals surface area contributed by atoms with Crippen LogP contribution in [0, 0.1) is 29.6 Å². The van der Waals surface area contributed by atoms with Crippen LogP contribution in [0.15, 0.2) is 23.8 Å². The largest absolute Gasteiger partial charge is 0.462 e. The molecule has 54 heavy (non-hydrogen) atoms. The van der Waals surface area contributed by atoms with Crippen LogP contribution in [0.5, 0.6) is 0 Å². The molecule has 3 atom stereocenters. The van der Waals surface area contributed by atoms with Crippen LogP contribution in [0.3, 0.4) is 0 Å². The second-order valence-corrected chi connectivity index (χ2v) is 14.4. The van der Waals surface area contributed by atoms with Gasteiger partial charge in [0.2, 0.25) is 6.41 Å². The molecule has 2 saturated heterocycles. The average molecular weight is 995 g/mol. The van der Waals surface area contributed by atoms with E-state index in [1.54, 1.807) is 0 Å². The van der Waals surface area contributed by atoms with E-state index in [9.17, 15) is 18.8 Å². The predicted molar refractivity (Wildman–Crippen MR) is 215 cm³/mol. The molecule has 4 N–H and O–H groups in total. The van der Waals surface area contributed by atoms with E-state index < -0.39 is 6.67 Å². The molecule has 2 aliphatic heterocycles. The zero-order valence-corrected chi connectivity index (χ0v) is 37.4. The SMILES string of the molecule is CC.CC.CC1C(C2CCCCC2)CCN1C.CO.NC(CF)C1CCC(C=O)CC1.O=CNc1ccc2c(c1)C=C(C(=O)OCC1CCOCC1)C2.[Cm]. The number of benzene rings is 1. The minimum Gasteiger partial charge on any atom is -0.462 e. The summed E-state index contributed by atoms with van der Waals surface area (Å²) in [6.07, 6.45) is 18.6. The fourth-order valence-corrected chi connectivity index (χ4v) is 7.97. The van der Waals surface area contributed by atoms with E-state index in [-0.39, 0.29) is 17.9 Å². The molecule has 5 aliphatic rings. The average Bonchev–Trinajstić information content (AvgIpc) is 3.82. The quantitative estimate of drug-likeness (QED) is 0.168. The Morgan fingerprint density at radius 1 is 1.00 bits per heavy atom. The first kappa shape index (κ1) is 50.3. The number of hydrogen-bond donors (Lipinski definition) is 3. The van der Waals surface area contributed by atoms with E-state index in [4.69, 9.17) is 20.3 Å². The van der Waals surface area contributed by atoms with Gasteiger partial charge in [-0.3, -0.25) is 4.79 Å². The van der Waals surface area contributed by atoms with E-state index >= 15 is 0 Å². The molecule has 312 valence electrons. The Morgan fingerprint density at radius 2 is 1.63 bits per heavy atom. The molecule has 3 unspecified atom stereocenters. The molecule has 0 bridgehead atoms. The van der Waals surface area contributed by atoms with E-state index in [1.807, 2.05) is 52.0 Å². The van der Waals surface area contributed by atoms with Crippen LogP contribution in [0.1, 0.15) is 123 Å². The maximum atomic E-state index is 12.2. The van der Waals surface area contributed by atoms with Crippen molar-refractivity contribution in [3.8, 4) is 0 Å². The van der Waals surface area contributed by atoms with E-state index in [0.29, 0.717) is 36.8 Å². The molecule has 9 nitrogen and oxygen atoms in total. The van der Waals surface area contributed by atoms with E-state index in [2.05, 4.69) is 24.2 Å². The fraction of sp³-hybridized carbons (Fsp3) is 0.744. The molecule has 1 amide bonds. The standard InChI is InChI=1S/C17H19NO4.C12H23N.C9H16FNO.2C2H6.CH4O.Cm/c19-11-18-16-2-1-13-7-15(8-14(13)9-16)17(20)22-10-12-3-5-21-6-4-12;1-10-12(8-9-13(10)2)11-6-4-3-5-7-11;10-5-9(11)8-3-1-7(6-12)2-4-8;3*1-2;/h1-2,8-9,11-12H,3-7,10H2,(H,18,19);10-12H,3-9H2,1-2H3;6-9H,1-5,11H2;2*1-2H3;2H,1H3;. The Balaban J connectivity index is 0.000000760. The van der Waals surface area contributed by atoms with Gasteiger partial charge >= 0.3 is 5.97 Å². The Bertz CT molecular complexity index is 1170. The van der Waals surface area contributed by atoms with Gasteiger partial charge in [-0.05, 0) is 118 Å². The number of anilines is 1. The summed E-state index contributed by atoms with van der Waals surface area (Å²) in [6.45, 7) is 13.3. The number of alkyl halides is 1. The molecule has 1 aromatic carbocycles. The topological polar surface area (TPSA) is 131 Å². The number of aliphatic hydroxyl groups excluding tert-OH is 1. The molecular weight excluding hydrogens is 920 g/mol. The van der Waals surface area contributed by atoms with E-state index in [0.717, 1.165) is 99.8 Å². The van der Waals surface area contributed by atoms with Crippen LogP contribution < -0.4 is 11.1 Å². The van der Waals surface area contributed by atoms with Crippen LogP contribution >= 0.6 is 0 Å². The molecule has 2 saturated carbocycles. The Kier molecular flexibility index (Phi) is 27.7. The third-order valence-corrected chi connectivity index (χ3v) is 11.3. The van der Waals surface area contributed by atoms with Crippen molar-refractivity contribution in [1.29, 1.82) is 0 Å². The van der Waals surface area contributed by atoms with E-state index in [1.165, 1.54) is 45.1 Å². The molecule has 4 fully saturated rings. The number of likely N-dealkylation sites (tertiary alicyclic amines) is 1. The normalized spacial score (nSPS) is 24.0. The minimum absolute atomic E-state index is 0. The molecule has 2 heterocycles. The summed E-state index contributed by atoms with van der Waals surface area (Å²) in [5.74, 6) is 2.75. The number of aliphatic hydroxyl groups is 1. The van der Waals surface area contributed by atoms with Gasteiger partial charge in [0.15, 0.2) is 0 Å². The second kappa shape index (κ2) is 29.7. The van der Waals surface area contributed by atoms with Gasteiger partial charge in [0.25, 0.3) is 0 Å². The zero-order chi connectivity index (χ0) is 39.6. The summed E-state index contributed by atoms with van der Waals surface area (Å²) in [6, 6.07) is 6.16. The van der Waals surface area contributed by atoms with Crippen molar-refractivity contribution in [3.63, 3.8) is 0 Å². The summed E-state index contributed by atoms with van der Waals surface area (Å²) in [5, 5.41) is 9.61. The summed E-state index contributed by atoms with van der Waals surface area (Å²) in [5.41, 5.74) is 9.01. The third kappa shape index (κ3) is 16.8. The Morgan fingerprint density at radius 3 is 2.17 bits per heavy atom. The number of nitrogens with one attached hydrogen (secondary N) is 1. The van der Waals surface area contributed by atoms with Crippen molar-refractivity contribution in [2.45, 2.75) is 130 Å². The number of fused-ring (bicyclic) bond motifs is 1. The molecule has 0 spiro atoms. The first-order valence-corrected chi connectivity index (χ1v) is 20.5. The van der Waals surface area contributed by atoms with Crippen molar-refractivity contribution in [1.82, 2.24) is 4.90 Å². The van der Waals surface area contributed by atoms with Crippen molar-refractivity contribution in [3.05, 3.63) is 34.9 Å². The Labute approximate surface area is 321 Å². The summed E-state index contributed by atoms with van der Waals surface area (Å²) >= 11 is 0. The van der Waals surface area contributed by atoms with Crippen LogP contribution in [0.25, 0.3) is 6.08 Å². The molecular formula is C43H74CmFN3O6. The molecule has 0 aromatic heterocycles. The molecule has 6 rings (SSSR count). The number of ether oxygens (including phenoxy) is 2. The summed E-state index contributed by atoms with van der Waals surface area (Å²) < 4.78 is 22.9. The van der Waals surface area contributed by atoms with Gasteiger partial charge in [-0.2, -0.15) is 0 Å². The minimum atomic E-state index is -0.434. The molecule has 1 aromatic rings. The third-order valence-electron chi connectivity index (χ3n) is 11.3. The number of hydrogen-bond acceptors (Lipinski definition) is 8. The molecule has 0 radical (unpaired) electrons. The number of rotatable bonds is 9. The van der Waals surface area contributed by atoms with Crippen LogP contribution in [-0.2, 0) is 30.3 Å². The van der Waals surface area contributed by atoms with Gasteiger partial charge in [-0.15, -0.1) is 0 Å². The maximum Gasteiger partial charge on any atom is 0.334 e. The summed E-state index contributed by atoms with van der Waals surface area (Å²) in [7, 11) is 3.29. The van der Waals surface area contributed by atoms with Gasteiger partial charge in [0.1, 0.15) is 13.0 Å². The van der Waals surface area contributed by atoms with Crippen molar-refractivity contribution >= 4 is 30.4 Å². The van der Waals surface area contributed by atoms with Gasteiger partial charge in [-0.25, -0.2) is 9.18 Å². The predicted octanol–water partition coefficient (Wildman–Crippen LogP) is 8.02. The first-order valence-electron chi connectivity index (χ1n) is 20.5. The monoisotopic (exact) mass is 991 g/mol. The molecule has 11 heteroatoms. The number of nitrogens with two attached hydrogens (primary N) is 1. The second-order valence-electron chi connectivity index (χ2n) is 14.4. The van der Waals surface area contributed by atoms with Crippen molar-refractivity contribution < 1.29 is 33.4 Å². The van der Waals surface area contributed by atoms with Gasteiger partial charge in [0.05, 0.1) is 6.61 Å². The summed E-state index contributed by atoms with van der Waals surface area (Å²) in [4.78, 5) is 35.6. The Hall–Kier alpha value is -3.66. The number of carbonyl (C=O) groups is 3. The number of aldehydes is 1. The fourth-order valence-electron chi connectivity index (χ4n) is 7.97. The van der Waals surface area contributed by atoms with Crippen LogP contribution in [0.4, 0.5) is 10.1 Å². The van der Waals surface area contributed by atoms with Crippen LogP contribution in [0.2, 0.25) is 0 Å². The van der Waals surface area contributed by atoms with Gasteiger partial charge in [-0.1, -0.05) is 65.9 Å². The molecule has 3 aliphatic carbocycles. The maximum absolute atomic E-state index is 12.2. The van der Waals surface area contributed by atoms with Crippen LogP contribution in [-0.4, -0.2) is 88.0 Å². The van der Waals surface area contributed by atoms with Crippen molar-refractivity contribution in [2.24, 2.45) is 35.3 Å². The smallest absolute Gasteiger partial charge is 0.334 e. The number of nitrogens with zero attached hydrogens (tertiary/aromatic N) is 1. The number of amides is 1. The number of halogens is 1.